The van der Waals surface area contributed by atoms with Crippen molar-refractivity contribution in [2.24, 2.45) is 0 Å². The van der Waals surface area contributed by atoms with E-state index >= 15 is 0 Å². The van der Waals surface area contributed by atoms with E-state index in [0.717, 1.165) is 18.0 Å². The van der Waals surface area contributed by atoms with Gasteiger partial charge in [0.25, 0.3) is 0 Å². The van der Waals surface area contributed by atoms with Crippen LogP contribution in [0.15, 0.2) is 30.5 Å². The third-order valence-corrected chi connectivity index (χ3v) is 3.58. The number of fused-ring (bicyclic) bond motifs is 4. The molecule has 4 nitrogen and oxygen atoms in total. The number of aromatic nitrogens is 1. The third-order valence-electron chi connectivity index (χ3n) is 3.58. The summed E-state index contributed by atoms with van der Waals surface area (Å²) in [7, 11) is 0. The first-order valence-electron chi connectivity index (χ1n) is 6.23. The summed E-state index contributed by atoms with van der Waals surface area (Å²) in [5.41, 5.74) is 3.72. The van der Waals surface area contributed by atoms with Gasteiger partial charge in [0.15, 0.2) is 11.5 Å². The maximum absolute atomic E-state index is 5.47. The normalized spacial score (nSPS) is 18.8. The van der Waals surface area contributed by atoms with Crippen molar-refractivity contribution in [1.29, 1.82) is 0 Å². The summed E-state index contributed by atoms with van der Waals surface area (Å²) in [6.07, 6.45) is 2.09. The molecule has 0 aliphatic carbocycles. The predicted octanol–water partition coefficient (Wildman–Crippen LogP) is 2.22. The maximum Gasteiger partial charge on any atom is 0.231 e. The van der Waals surface area contributed by atoms with Crippen LogP contribution >= 0.6 is 0 Å². The number of rotatable bonds is 2. The highest BCUT2D eigenvalue weighted by Gasteiger charge is 2.30. The van der Waals surface area contributed by atoms with Crippen molar-refractivity contribution in [2.75, 3.05) is 13.3 Å². The minimum absolute atomic E-state index is 0.245. The van der Waals surface area contributed by atoms with Crippen LogP contribution in [0, 0.1) is 0 Å². The number of nitrogens with one attached hydrogen (secondary N) is 1. The minimum Gasteiger partial charge on any atom is -0.454 e. The van der Waals surface area contributed by atoms with Gasteiger partial charge >= 0.3 is 0 Å². The van der Waals surface area contributed by atoms with Crippen LogP contribution in [-0.4, -0.2) is 17.9 Å². The van der Waals surface area contributed by atoms with Gasteiger partial charge in [-0.1, -0.05) is 6.92 Å². The molecule has 0 fully saturated rings. The third kappa shape index (κ3) is 1.18. The van der Waals surface area contributed by atoms with Crippen LogP contribution in [0.1, 0.15) is 24.2 Å². The molecule has 0 amide bonds. The van der Waals surface area contributed by atoms with Gasteiger partial charge in [-0.25, -0.2) is 0 Å². The molecule has 3 heterocycles. The number of benzene rings is 1. The lowest BCUT2D eigenvalue weighted by Crippen LogP contribution is -2.19. The Morgan fingerprint density at radius 1 is 1.33 bits per heavy atom. The largest absolute Gasteiger partial charge is 0.454 e. The highest BCUT2D eigenvalue weighted by molar-refractivity contribution is 5.61. The van der Waals surface area contributed by atoms with Crippen LogP contribution in [0.4, 0.5) is 0 Å². The van der Waals surface area contributed by atoms with Gasteiger partial charge in [0.2, 0.25) is 6.79 Å². The SMILES string of the molecule is CCNC1c2cc3c(cc2-n2cccc21)OCO3. The molecule has 4 heteroatoms. The van der Waals surface area contributed by atoms with Crippen molar-refractivity contribution in [1.82, 2.24) is 9.88 Å². The summed E-state index contributed by atoms with van der Waals surface area (Å²) in [6.45, 7) is 3.38. The van der Waals surface area contributed by atoms with Gasteiger partial charge < -0.3 is 19.4 Å². The molecule has 2 aliphatic heterocycles. The Balaban J connectivity index is 1.93. The minimum atomic E-state index is 0.245. The van der Waals surface area contributed by atoms with Crippen LogP contribution in [0.5, 0.6) is 11.5 Å². The molecule has 18 heavy (non-hydrogen) atoms. The summed E-state index contributed by atoms with van der Waals surface area (Å²) in [5, 5.41) is 3.52. The molecule has 1 unspecified atom stereocenters. The second kappa shape index (κ2) is 3.53. The number of ether oxygens (including phenoxy) is 2. The van der Waals surface area contributed by atoms with Crippen molar-refractivity contribution < 1.29 is 9.47 Å². The van der Waals surface area contributed by atoms with E-state index in [1.165, 1.54) is 16.9 Å². The first-order chi connectivity index (χ1) is 8.88. The van der Waals surface area contributed by atoms with E-state index in [4.69, 9.17) is 9.47 Å². The summed E-state index contributed by atoms with van der Waals surface area (Å²) in [6, 6.07) is 8.64. The lowest BCUT2D eigenvalue weighted by atomic mass is 10.0. The van der Waals surface area contributed by atoms with E-state index in [-0.39, 0.29) is 6.04 Å². The second-order valence-corrected chi connectivity index (χ2v) is 4.56. The Morgan fingerprint density at radius 2 is 2.17 bits per heavy atom. The van der Waals surface area contributed by atoms with Gasteiger partial charge in [-0.2, -0.15) is 0 Å². The molecule has 92 valence electrons. The van der Waals surface area contributed by atoms with E-state index in [0.29, 0.717) is 6.79 Å². The molecule has 0 spiro atoms. The number of hydrogen-bond acceptors (Lipinski definition) is 3. The lowest BCUT2D eigenvalue weighted by molar-refractivity contribution is 0.174. The van der Waals surface area contributed by atoms with E-state index < -0.39 is 0 Å². The maximum atomic E-state index is 5.47. The second-order valence-electron chi connectivity index (χ2n) is 4.56. The molecule has 2 aromatic rings. The molecule has 0 saturated heterocycles. The van der Waals surface area contributed by atoms with E-state index in [9.17, 15) is 0 Å². The van der Waals surface area contributed by atoms with Crippen molar-refractivity contribution in [3.05, 3.63) is 41.7 Å². The smallest absolute Gasteiger partial charge is 0.231 e. The molecule has 0 bridgehead atoms. The molecule has 0 saturated carbocycles. The number of nitrogens with zero attached hydrogens (tertiary/aromatic N) is 1. The van der Waals surface area contributed by atoms with Crippen LogP contribution in [0.2, 0.25) is 0 Å². The first kappa shape index (κ1) is 10.0. The Morgan fingerprint density at radius 3 is 3.00 bits per heavy atom. The van der Waals surface area contributed by atoms with Crippen molar-refractivity contribution in [3.63, 3.8) is 0 Å². The van der Waals surface area contributed by atoms with Gasteiger partial charge in [0.1, 0.15) is 0 Å². The molecular formula is C14H14N2O2. The Hall–Kier alpha value is -1.94. The Bertz CT molecular complexity index is 618. The summed E-state index contributed by atoms with van der Waals surface area (Å²) in [5.74, 6) is 1.69. The zero-order chi connectivity index (χ0) is 12.1. The quantitative estimate of drug-likeness (QED) is 0.877. The molecule has 1 aromatic carbocycles. The summed E-state index contributed by atoms with van der Waals surface area (Å²) < 4.78 is 13.1. The van der Waals surface area contributed by atoms with Crippen LogP contribution in [0.3, 0.4) is 0 Å². The monoisotopic (exact) mass is 242 g/mol. The average molecular weight is 242 g/mol. The summed E-state index contributed by atoms with van der Waals surface area (Å²) >= 11 is 0. The zero-order valence-electron chi connectivity index (χ0n) is 10.1. The predicted molar refractivity (Wildman–Crippen MR) is 67.4 cm³/mol. The van der Waals surface area contributed by atoms with Crippen LogP contribution in [0.25, 0.3) is 5.69 Å². The zero-order valence-corrected chi connectivity index (χ0v) is 10.1. The van der Waals surface area contributed by atoms with Gasteiger partial charge in [0, 0.05) is 23.5 Å². The highest BCUT2D eigenvalue weighted by Crippen LogP contribution is 2.44. The molecule has 0 radical (unpaired) electrons. The highest BCUT2D eigenvalue weighted by atomic mass is 16.7. The molecule has 1 aromatic heterocycles. The molecule has 4 rings (SSSR count). The first-order valence-corrected chi connectivity index (χ1v) is 6.23. The fraction of sp³-hybridized carbons (Fsp3) is 0.286. The van der Waals surface area contributed by atoms with Crippen LogP contribution in [-0.2, 0) is 0 Å². The van der Waals surface area contributed by atoms with Gasteiger partial charge in [-0.15, -0.1) is 0 Å². The van der Waals surface area contributed by atoms with Crippen LogP contribution < -0.4 is 14.8 Å². The van der Waals surface area contributed by atoms with E-state index in [2.05, 4.69) is 47.3 Å². The van der Waals surface area contributed by atoms with E-state index in [1.807, 2.05) is 0 Å². The molecular weight excluding hydrogens is 228 g/mol. The van der Waals surface area contributed by atoms with Crippen molar-refractivity contribution in [3.8, 4) is 17.2 Å². The standard InChI is InChI=1S/C14H14N2O2/c1-2-15-14-9-6-12-13(18-8-17-12)7-11(9)16-5-3-4-10(14)16/h3-7,14-15H,2,8H2,1H3. The lowest BCUT2D eigenvalue weighted by Gasteiger charge is -2.12. The van der Waals surface area contributed by atoms with Gasteiger partial charge in [-0.3, -0.25) is 0 Å². The topological polar surface area (TPSA) is 35.4 Å². The fourth-order valence-corrected chi connectivity index (χ4v) is 2.81. The van der Waals surface area contributed by atoms with Gasteiger partial charge in [-0.05, 0) is 24.7 Å². The Labute approximate surface area is 105 Å². The van der Waals surface area contributed by atoms with E-state index in [1.54, 1.807) is 0 Å². The molecule has 2 aliphatic rings. The van der Waals surface area contributed by atoms with Gasteiger partial charge in [0.05, 0.1) is 11.7 Å². The summed E-state index contributed by atoms with van der Waals surface area (Å²) in [4.78, 5) is 0. The molecule has 1 atom stereocenters. The fourth-order valence-electron chi connectivity index (χ4n) is 2.81. The molecule has 1 N–H and O–H groups in total. The number of hydrogen-bond donors (Lipinski definition) is 1. The average Bonchev–Trinajstić information content (AvgIpc) is 3.05. The van der Waals surface area contributed by atoms with Crippen molar-refractivity contribution >= 4 is 0 Å². The van der Waals surface area contributed by atoms with Crippen molar-refractivity contribution in [2.45, 2.75) is 13.0 Å². The Kier molecular flexibility index (Phi) is 1.96.